The van der Waals surface area contributed by atoms with Crippen LogP contribution in [0.1, 0.15) is 46.6 Å². The lowest BCUT2D eigenvalue weighted by atomic mass is 9.93. The molecule has 0 aromatic heterocycles. The van der Waals surface area contributed by atoms with Crippen LogP contribution in [-0.2, 0) is 16.0 Å². The number of carbonyl (C=O) groups excluding carboxylic acids is 3. The number of carbonyl (C=O) groups is 3. The average molecular weight is 389 g/mol. The van der Waals surface area contributed by atoms with Crippen molar-refractivity contribution in [3.8, 4) is 5.75 Å². The molecule has 7 heteroatoms. The van der Waals surface area contributed by atoms with Crippen LogP contribution in [0.4, 0.5) is 4.79 Å². The van der Waals surface area contributed by atoms with Gasteiger partial charge in [-0.05, 0) is 65.2 Å². The van der Waals surface area contributed by atoms with Crippen molar-refractivity contribution in [3.05, 3.63) is 29.8 Å². The summed E-state index contributed by atoms with van der Waals surface area (Å²) >= 11 is 0. The molecule has 1 atom stereocenters. The second-order valence-corrected chi connectivity index (χ2v) is 7.99. The van der Waals surface area contributed by atoms with Crippen molar-refractivity contribution < 1.29 is 19.1 Å². The van der Waals surface area contributed by atoms with E-state index in [9.17, 15) is 14.4 Å². The van der Waals surface area contributed by atoms with Gasteiger partial charge in [-0.2, -0.15) is 0 Å². The molecule has 1 heterocycles. The van der Waals surface area contributed by atoms with E-state index < -0.39 is 11.6 Å². The summed E-state index contributed by atoms with van der Waals surface area (Å²) in [6, 6.07) is 7.09. The van der Waals surface area contributed by atoms with Crippen LogP contribution in [-0.4, -0.2) is 58.9 Å². The number of benzene rings is 1. The van der Waals surface area contributed by atoms with Gasteiger partial charge in [0.25, 0.3) is 5.91 Å². The van der Waals surface area contributed by atoms with Gasteiger partial charge in [-0.15, -0.1) is 0 Å². The molecule has 0 aliphatic carbocycles. The Kier molecular flexibility index (Phi) is 6.69. The summed E-state index contributed by atoms with van der Waals surface area (Å²) in [6.45, 7) is 9.15. The number of aryl methyl sites for hydroxylation is 1. The molecule has 2 rings (SSSR count). The fraction of sp³-hybridized carbons (Fsp3) is 0.571. The molecule has 28 heavy (non-hydrogen) atoms. The lowest BCUT2D eigenvalue weighted by molar-refractivity contribution is -0.141. The highest BCUT2D eigenvalue weighted by atomic mass is 16.5. The molecule has 1 N–H and O–H groups in total. The van der Waals surface area contributed by atoms with Gasteiger partial charge in [0.2, 0.25) is 5.91 Å². The predicted octanol–water partition coefficient (Wildman–Crippen LogP) is 2.58. The van der Waals surface area contributed by atoms with E-state index in [1.165, 1.54) is 0 Å². The lowest BCUT2D eigenvalue weighted by Crippen LogP contribution is -2.49. The van der Waals surface area contributed by atoms with E-state index in [-0.39, 0.29) is 30.4 Å². The third kappa shape index (κ3) is 4.64. The number of hydrogen-bond donors (Lipinski definition) is 1. The number of methoxy groups -OCH3 is 1. The van der Waals surface area contributed by atoms with E-state index in [2.05, 4.69) is 5.32 Å². The van der Waals surface area contributed by atoms with Crippen molar-refractivity contribution in [2.45, 2.75) is 65.1 Å². The topological polar surface area (TPSA) is 79.0 Å². The third-order valence-electron chi connectivity index (χ3n) is 5.11. The van der Waals surface area contributed by atoms with Crippen molar-refractivity contribution in [3.63, 3.8) is 0 Å². The fourth-order valence-corrected chi connectivity index (χ4v) is 3.64. The Bertz CT molecular complexity index is 722. The molecule has 4 amide bonds. The molecule has 0 saturated carbocycles. The minimum Gasteiger partial charge on any atom is -0.497 e. The summed E-state index contributed by atoms with van der Waals surface area (Å²) < 4.78 is 5.15. The van der Waals surface area contributed by atoms with E-state index >= 15 is 0 Å². The van der Waals surface area contributed by atoms with E-state index in [4.69, 9.17) is 4.74 Å². The standard InChI is InChI=1S/C21H31N3O4/c1-14(2)24(15(3)4)18(25)13-23-19(26)21(5,22-20(23)27)12-11-16-7-9-17(28-6)10-8-16/h7-10,14-15H,11-13H2,1-6H3,(H,22,27)/t21-/m0/s1. The fourth-order valence-electron chi connectivity index (χ4n) is 3.64. The van der Waals surface area contributed by atoms with Crippen molar-refractivity contribution in [1.82, 2.24) is 15.1 Å². The van der Waals surface area contributed by atoms with Gasteiger partial charge >= 0.3 is 6.03 Å². The number of ether oxygens (including phenoxy) is 1. The highest BCUT2D eigenvalue weighted by molar-refractivity contribution is 6.08. The summed E-state index contributed by atoms with van der Waals surface area (Å²) in [7, 11) is 1.61. The van der Waals surface area contributed by atoms with Crippen LogP contribution in [0, 0.1) is 0 Å². The first-order valence-corrected chi connectivity index (χ1v) is 9.67. The molecular weight excluding hydrogens is 358 g/mol. The molecule has 1 aromatic rings. The van der Waals surface area contributed by atoms with Gasteiger partial charge in [0.05, 0.1) is 7.11 Å². The van der Waals surface area contributed by atoms with E-state index in [0.717, 1.165) is 16.2 Å². The van der Waals surface area contributed by atoms with Gasteiger partial charge < -0.3 is 15.0 Å². The summed E-state index contributed by atoms with van der Waals surface area (Å²) in [6.07, 6.45) is 1.07. The zero-order valence-corrected chi connectivity index (χ0v) is 17.6. The third-order valence-corrected chi connectivity index (χ3v) is 5.11. The van der Waals surface area contributed by atoms with Gasteiger partial charge in [-0.3, -0.25) is 14.5 Å². The first-order valence-electron chi connectivity index (χ1n) is 9.67. The summed E-state index contributed by atoms with van der Waals surface area (Å²) in [4.78, 5) is 40.7. The molecule has 0 bridgehead atoms. The molecular formula is C21H31N3O4. The number of rotatable bonds is 8. The number of imide groups is 1. The van der Waals surface area contributed by atoms with E-state index in [1.54, 1.807) is 18.9 Å². The Labute approximate surface area is 167 Å². The molecule has 1 aliphatic rings. The summed E-state index contributed by atoms with van der Waals surface area (Å²) in [5, 5.41) is 2.77. The maximum absolute atomic E-state index is 12.9. The number of nitrogens with one attached hydrogen (secondary N) is 1. The average Bonchev–Trinajstić information content (AvgIpc) is 2.83. The Morgan fingerprint density at radius 3 is 2.21 bits per heavy atom. The Morgan fingerprint density at radius 2 is 1.71 bits per heavy atom. The molecule has 1 saturated heterocycles. The molecule has 7 nitrogen and oxygen atoms in total. The summed E-state index contributed by atoms with van der Waals surface area (Å²) in [5.74, 6) is 0.185. The predicted molar refractivity (Wildman–Crippen MR) is 107 cm³/mol. The highest BCUT2D eigenvalue weighted by Crippen LogP contribution is 2.24. The van der Waals surface area contributed by atoms with Crippen LogP contribution in [0.15, 0.2) is 24.3 Å². The Balaban J connectivity index is 2.05. The van der Waals surface area contributed by atoms with Crippen LogP contribution < -0.4 is 10.1 Å². The van der Waals surface area contributed by atoms with Crippen LogP contribution in [0.2, 0.25) is 0 Å². The summed E-state index contributed by atoms with van der Waals surface area (Å²) in [5.41, 5.74) is 0.0296. The number of amides is 4. The smallest absolute Gasteiger partial charge is 0.325 e. The number of nitrogens with zero attached hydrogens (tertiary/aromatic N) is 2. The highest BCUT2D eigenvalue weighted by Gasteiger charge is 2.48. The minimum absolute atomic E-state index is 0.00489. The lowest BCUT2D eigenvalue weighted by Gasteiger charge is -2.32. The minimum atomic E-state index is -1.02. The SMILES string of the molecule is COc1ccc(CC[C@]2(C)NC(=O)N(CC(=O)N(C(C)C)C(C)C)C2=O)cc1. The van der Waals surface area contributed by atoms with E-state index in [0.29, 0.717) is 12.8 Å². The Hall–Kier alpha value is -2.57. The second kappa shape index (κ2) is 8.63. The first-order chi connectivity index (χ1) is 13.1. The van der Waals surface area contributed by atoms with Gasteiger partial charge in [0.15, 0.2) is 0 Å². The van der Waals surface area contributed by atoms with Crippen molar-refractivity contribution >= 4 is 17.8 Å². The Morgan fingerprint density at radius 1 is 1.14 bits per heavy atom. The largest absolute Gasteiger partial charge is 0.497 e. The van der Waals surface area contributed by atoms with Gasteiger partial charge in [-0.1, -0.05) is 12.1 Å². The van der Waals surface area contributed by atoms with Crippen LogP contribution in [0.25, 0.3) is 0 Å². The van der Waals surface area contributed by atoms with Gasteiger partial charge in [-0.25, -0.2) is 4.79 Å². The van der Waals surface area contributed by atoms with Crippen molar-refractivity contribution in [1.29, 1.82) is 0 Å². The first kappa shape index (κ1) is 21.7. The number of hydrogen-bond acceptors (Lipinski definition) is 4. The van der Waals surface area contributed by atoms with Crippen LogP contribution in [0.3, 0.4) is 0 Å². The van der Waals surface area contributed by atoms with Crippen molar-refractivity contribution in [2.24, 2.45) is 0 Å². The molecule has 1 fully saturated rings. The number of urea groups is 1. The van der Waals surface area contributed by atoms with Gasteiger partial charge in [0.1, 0.15) is 17.8 Å². The van der Waals surface area contributed by atoms with Gasteiger partial charge in [0, 0.05) is 12.1 Å². The van der Waals surface area contributed by atoms with Crippen LogP contribution >= 0.6 is 0 Å². The molecule has 154 valence electrons. The monoisotopic (exact) mass is 389 g/mol. The zero-order chi connectivity index (χ0) is 21.1. The molecule has 1 aromatic carbocycles. The molecule has 0 spiro atoms. The molecule has 1 aliphatic heterocycles. The second-order valence-electron chi connectivity index (χ2n) is 7.99. The maximum Gasteiger partial charge on any atom is 0.325 e. The van der Waals surface area contributed by atoms with Crippen molar-refractivity contribution in [2.75, 3.05) is 13.7 Å². The normalized spacial score (nSPS) is 19.4. The van der Waals surface area contributed by atoms with E-state index in [1.807, 2.05) is 52.0 Å². The molecule has 0 radical (unpaired) electrons. The van der Waals surface area contributed by atoms with Crippen LogP contribution in [0.5, 0.6) is 5.75 Å². The zero-order valence-electron chi connectivity index (χ0n) is 17.6. The maximum atomic E-state index is 12.9. The quantitative estimate of drug-likeness (QED) is 0.693. The molecule has 0 unspecified atom stereocenters.